The number of para-hydroxylation sites is 2. The molecule has 0 bridgehead atoms. The molecule has 2 N–H and O–H groups in total. The molecule has 0 spiro atoms. The second-order valence-corrected chi connectivity index (χ2v) is 10.3. The lowest BCUT2D eigenvalue weighted by Gasteiger charge is -2.29. The fraction of sp³-hybridized carbons (Fsp3) is 0. The molecule has 0 saturated heterocycles. The number of fused-ring (bicyclic) bond motifs is 2. The Balaban J connectivity index is 2.13. The first-order chi connectivity index (χ1) is 17.6. The minimum Gasteiger partial charge on any atom is -0.291 e. The third-order valence-corrected chi connectivity index (χ3v) is 6.87. The number of anilines is 1. The number of hydrogen-bond donors (Lipinski definition) is 2. The van der Waals surface area contributed by atoms with Crippen molar-refractivity contribution in [3.8, 4) is 0 Å². The van der Waals surface area contributed by atoms with Crippen LogP contribution in [0, 0.1) is 0 Å². The van der Waals surface area contributed by atoms with Gasteiger partial charge in [0.25, 0.3) is 0 Å². The Morgan fingerprint density at radius 2 is 1.51 bits per heavy atom. The molecule has 1 aliphatic rings. The highest BCUT2D eigenvalue weighted by Gasteiger charge is 2.33. The molecule has 10 heteroatoms. The van der Waals surface area contributed by atoms with Crippen molar-refractivity contribution in [2.75, 3.05) is 4.90 Å². The highest BCUT2D eigenvalue weighted by molar-refractivity contribution is 7.94. The van der Waals surface area contributed by atoms with E-state index in [9.17, 15) is 25.9 Å². The van der Waals surface area contributed by atoms with E-state index in [-0.39, 0.29) is 11.4 Å². The van der Waals surface area contributed by atoms with Crippen molar-refractivity contribution in [3.63, 3.8) is 0 Å². The van der Waals surface area contributed by atoms with Crippen LogP contribution >= 0.6 is 0 Å². The van der Waals surface area contributed by atoms with Crippen LogP contribution in [0.2, 0.25) is 0 Å². The molecule has 2 heterocycles. The second kappa shape index (κ2) is 9.90. The Morgan fingerprint density at radius 1 is 0.838 bits per heavy atom. The molecule has 1 aliphatic heterocycles. The summed E-state index contributed by atoms with van der Waals surface area (Å²) in [7, 11) is -9.62. The number of aromatic nitrogens is 1. The van der Waals surface area contributed by atoms with Crippen molar-refractivity contribution in [2.24, 2.45) is 0 Å². The highest BCUT2D eigenvalue weighted by atomic mass is 32.2. The predicted molar refractivity (Wildman–Crippen MR) is 142 cm³/mol. The fourth-order valence-corrected chi connectivity index (χ4v) is 5.17. The number of allylic oxidation sites excluding steroid dienone is 1. The Morgan fingerprint density at radius 3 is 2.19 bits per heavy atom. The van der Waals surface area contributed by atoms with Crippen LogP contribution in [-0.4, -0.2) is 25.9 Å². The molecule has 3 aromatic rings. The van der Waals surface area contributed by atoms with Crippen LogP contribution in [0.4, 0.5) is 5.69 Å². The van der Waals surface area contributed by atoms with E-state index in [4.69, 9.17) is 0 Å². The SMILES string of the molecule is C=C=C=C(N1C(=Cc2ccc3ccccc3[n+]2C(=C=C=C)S(=O)(=O)O)C=Cc2ccccc21)S(=O)(=O)O. The summed E-state index contributed by atoms with van der Waals surface area (Å²) < 4.78 is 70.6. The molecule has 0 unspecified atom stereocenters. The van der Waals surface area contributed by atoms with Gasteiger partial charge in [0, 0.05) is 29.3 Å². The van der Waals surface area contributed by atoms with Gasteiger partial charge in [0.1, 0.15) is 0 Å². The lowest BCUT2D eigenvalue weighted by molar-refractivity contribution is -0.547. The molecule has 0 aliphatic carbocycles. The van der Waals surface area contributed by atoms with Gasteiger partial charge in [0.2, 0.25) is 16.2 Å². The van der Waals surface area contributed by atoms with Gasteiger partial charge in [-0.05, 0) is 48.7 Å². The monoisotopic (exact) mass is 531 g/mol. The summed E-state index contributed by atoms with van der Waals surface area (Å²) in [5, 5.41) is -0.644. The van der Waals surface area contributed by atoms with Crippen LogP contribution in [0.25, 0.3) is 28.1 Å². The summed E-state index contributed by atoms with van der Waals surface area (Å²) in [6.07, 6.45) is 4.79. The van der Waals surface area contributed by atoms with Gasteiger partial charge < -0.3 is 0 Å². The second-order valence-electron chi connectivity index (χ2n) is 7.61. The van der Waals surface area contributed by atoms with Crippen molar-refractivity contribution >= 4 is 54.0 Å². The normalized spacial score (nSPS) is 13.8. The van der Waals surface area contributed by atoms with Crippen molar-refractivity contribution < 1.29 is 30.5 Å². The van der Waals surface area contributed by atoms with E-state index >= 15 is 0 Å². The summed E-state index contributed by atoms with van der Waals surface area (Å²) >= 11 is 0. The smallest absolute Gasteiger partial charge is 0.291 e. The van der Waals surface area contributed by atoms with Crippen LogP contribution in [0.1, 0.15) is 11.3 Å². The molecule has 4 rings (SSSR count). The molecule has 0 fully saturated rings. The number of nitrogens with zero attached hydrogens (tertiary/aromatic N) is 2. The van der Waals surface area contributed by atoms with E-state index in [0.717, 1.165) is 0 Å². The average Bonchev–Trinajstić information content (AvgIpc) is 2.85. The Hall–Kier alpha value is -4.45. The Bertz CT molecular complexity index is 1910. The van der Waals surface area contributed by atoms with Crippen LogP contribution in [0.3, 0.4) is 0 Å². The van der Waals surface area contributed by atoms with Gasteiger partial charge in [-0.15, -0.1) is 4.57 Å². The average molecular weight is 532 g/mol. The quantitative estimate of drug-likeness (QED) is 0.287. The maximum atomic E-state index is 12.3. The summed E-state index contributed by atoms with van der Waals surface area (Å²) in [5.74, 6) is 0. The molecule has 1 aromatic heterocycles. The van der Waals surface area contributed by atoms with E-state index in [1.165, 1.54) is 15.5 Å². The first kappa shape index (κ1) is 25.6. The summed E-state index contributed by atoms with van der Waals surface area (Å²) in [6.45, 7) is 6.75. The number of hydrogen-bond acceptors (Lipinski definition) is 5. The molecule has 0 radical (unpaired) electrons. The molecule has 0 saturated carbocycles. The minimum absolute atomic E-state index is 0.218. The molecule has 0 atom stereocenters. The Kier molecular flexibility index (Phi) is 6.86. The van der Waals surface area contributed by atoms with Gasteiger partial charge in [0.15, 0.2) is 0 Å². The standard InChI is InChI=1S/C27H18N2O6S2/c1-3-9-26(36(30,31)32)28-22(17-15-20-11-5-7-13-24(20)28)19-23-18-16-21-12-6-8-14-25(21)29(23)27(10-4-2)37(33,34)35/h5-8,11-19H,1-2H2,(H-,30,31,32,33,34,35)/p+1. The highest BCUT2D eigenvalue weighted by Crippen LogP contribution is 2.36. The number of rotatable bonds is 5. The van der Waals surface area contributed by atoms with Crippen LogP contribution in [0.15, 0.2) is 114 Å². The van der Waals surface area contributed by atoms with Gasteiger partial charge >= 0.3 is 25.3 Å². The molecule has 2 aromatic carbocycles. The van der Waals surface area contributed by atoms with Crippen LogP contribution < -0.4 is 9.47 Å². The summed E-state index contributed by atoms with van der Waals surface area (Å²) in [5.41, 5.74) is 11.1. The van der Waals surface area contributed by atoms with E-state index in [2.05, 4.69) is 36.1 Å². The maximum Gasteiger partial charge on any atom is 0.382 e. The van der Waals surface area contributed by atoms with Crippen molar-refractivity contribution in [3.05, 3.63) is 125 Å². The molecular formula is C27H19N2O6S2+. The van der Waals surface area contributed by atoms with E-state index in [1.807, 2.05) is 0 Å². The molecular weight excluding hydrogens is 512 g/mol. The van der Waals surface area contributed by atoms with Gasteiger partial charge in [-0.2, -0.15) is 16.8 Å². The summed E-state index contributed by atoms with van der Waals surface area (Å²) in [6, 6.07) is 17.0. The zero-order chi connectivity index (χ0) is 26.8. The van der Waals surface area contributed by atoms with E-state index < -0.39 is 30.3 Å². The Labute approximate surface area is 213 Å². The molecule has 8 nitrogen and oxygen atoms in total. The van der Waals surface area contributed by atoms with Gasteiger partial charge in [-0.3, -0.25) is 14.0 Å². The fourth-order valence-electron chi connectivity index (χ4n) is 3.89. The number of benzene rings is 2. The van der Waals surface area contributed by atoms with Gasteiger partial charge in [0.05, 0.1) is 11.4 Å². The first-order valence-corrected chi connectivity index (χ1v) is 13.4. The largest absolute Gasteiger partial charge is 0.382 e. The lowest BCUT2D eigenvalue weighted by atomic mass is 10.1. The van der Waals surface area contributed by atoms with Crippen molar-refractivity contribution in [2.45, 2.75) is 0 Å². The lowest BCUT2D eigenvalue weighted by Crippen LogP contribution is -2.40. The number of pyridine rings is 1. The molecule has 37 heavy (non-hydrogen) atoms. The third-order valence-electron chi connectivity index (χ3n) is 5.32. The minimum atomic E-state index is -4.81. The third kappa shape index (κ3) is 5.09. The molecule has 0 amide bonds. The van der Waals surface area contributed by atoms with E-state index in [0.29, 0.717) is 22.2 Å². The van der Waals surface area contributed by atoms with Crippen LogP contribution in [0.5, 0.6) is 0 Å². The molecule has 184 valence electrons. The summed E-state index contributed by atoms with van der Waals surface area (Å²) in [4.78, 5) is 1.22. The van der Waals surface area contributed by atoms with Crippen LogP contribution in [-0.2, 0) is 20.2 Å². The topological polar surface area (TPSA) is 116 Å². The van der Waals surface area contributed by atoms with Crippen molar-refractivity contribution in [1.29, 1.82) is 0 Å². The predicted octanol–water partition coefficient (Wildman–Crippen LogP) is 4.30. The van der Waals surface area contributed by atoms with Gasteiger partial charge in [-0.25, -0.2) is 0 Å². The van der Waals surface area contributed by atoms with Crippen molar-refractivity contribution in [1.82, 2.24) is 0 Å². The zero-order valence-corrected chi connectivity index (χ0v) is 20.8. The zero-order valence-electron chi connectivity index (χ0n) is 19.2. The van der Waals surface area contributed by atoms with Gasteiger partial charge in [-0.1, -0.05) is 47.9 Å². The first-order valence-electron chi connectivity index (χ1n) is 10.5. The maximum absolute atomic E-state index is 12.3. The van der Waals surface area contributed by atoms with E-state index in [1.54, 1.807) is 72.8 Å².